The maximum absolute atomic E-state index is 12.7. The predicted molar refractivity (Wildman–Crippen MR) is 91.3 cm³/mol. The Bertz CT molecular complexity index is 1040. The Hall–Kier alpha value is -2.63. The lowest BCUT2D eigenvalue weighted by atomic mass is 9.72. The minimum absolute atomic E-state index is 0.111. The topological polar surface area (TPSA) is 65.0 Å². The zero-order chi connectivity index (χ0) is 17.7. The highest BCUT2D eigenvalue weighted by atomic mass is 16.7. The van der Waals surface area contributed by atoms with Crippen LogP contribution in [0.3, 0.4) is 0 Å². The molecule has 2 spiro atoms. The number of rotatable bonds is 1. The van der Waals surface area contributed by atoms with E-state index in [0.717, 1.165) is 22.3 Å². The molecule has 26 heavy (non-hydrogen) atoms. The fourth-order valence-electron chi connectivity index (χ4n) is 5.05. The first-order valence-corrected chi connectivity index (χ1v) is 8.76. The first kappa shape index (κ1) is 14.5. The van der Waals surface area contributed by atoms with Crippen molar-refractivity contribution in [3.8, 4) is 11.5 Å². The summed E-state index contributed by atoms with van der Waals surface area (Å²) in [4.78, 5) is 12.7. The summed E-state index contributed by atoms with van der Waals surface area (Å²) in [5, 5.41) is 10.5. The zero-order valence-electron chi connectivity index (χ0n) is 14.1. The van der Waals surface area contributed by atoms with Crippen LogP contribution >= 0.6 is 0 Å². The van der Waals surface area contributed by atoms with Crippen molar-refractivity contribution < 1.29 is 24.1 Å². The lowest BCUT2D eigenvalue weighted by molar-refractivity contribution is -0.225. The molecular weight excluding hydrogens is 332 g/mol. The molecule has 2 heterocycles. The molecule has 6 rings (SSSR count). The van der Waals surface area contributed by atoms with Gasteiger partial charge >= 0.3 is 0 Å². The minimum Gasteiger partial charge on any atom is -0.496 e. The second-order valence-corrected chi connectivity index (χ2v) is 7.24. The van der Waals surface area contributed by atoms with E-state index in [-0.39, 0.29) is 5.78 Å². The number of ketones is 1. The van der Waals surface area contributed by atoms with E-state index < -0.39 is 17.5 Å². The van der Waals surface area contributed by atoms with Crippen LogP contribution in [0.1, 0.15) is 51.6 Å². The first-order valence-electron chi connectivity index (χ1n) is 8.76. The second-order valence-electron chi connectivity index (χ2n) is 7.24. The Morgan fingerprint density at radius 1 is 1.23 bits per heavy atom. The van der Waals surface area contributed by atoms with Gasteiger partial charge in [-0.3, -0.25) is 4.79 Å². The van der Waals surface area contributed by atoms with E-state index in [2.05, 4.69) is 0 Å². The molecule has 5 heteroatoms. The second kappa shape index (κ2) is 4.37. The number of aliphatic hydroxyl groups excluding tert-OH is 1. The quantitative estimate of drug-likeness (QED) is 0.858. The average Bonchev–Trinajstić information content (AvgIpc) is 2.88. The van der Waals surface area contributed by atoms with Gasteiger partial charge in [0.15, 0.2) is 5.78 Å². The van der Waals surface area contributed by atoms with Crippen molar-refractivity contribution in [1.82, 2.24) is 0 Å². The lowest BCUT2D eigenvalue weighted by Crippen LogP contribution is -2.44. The third-order valence-corrected chi connectivity index (χ3v) is 6.05. The maximum atomic E-state index is 12.7. The van der Waals surface area contributed by atoms with E-state index in [0.29, 0.717) is 29.9 Å². The van der Waals surface area contributed by atoms with Gasteiger partial charge in [-0.2, -0.15) is 0 Å². The van der Waals surface area contributed by atoms with E-state index in [1.165, 1.54) is 6.08 Å². The number of aliphatic hydroxyl groups is 1. The van der Waals surface area contributed by atoms with Crippen LogP contribution in [-0.4, -0.2) is 18.0 Å². The van der Waals surface area contributed by atoms with Crippen molar-refractivity contribution in [3.05, 3.63) is 70.3 Å². The Kier molecular flexibility index (Phi) is 2.44. The highest BCUT2D eigenvalue weighted by Crippen LogP contribution is 2.65. The standard InChI is InChI=1S/C21H16O5/c1-24-15-6-5-12-19-17(15)14(23)8-10-21(19)25-16-4-2-3-11-13(22)7-9-20(12,26-21)18(11)16/h2-6,8,10,13,22H,7,9H2,1H3/t13?,20-,21+/m1/s1. The molecule has 0 fully saturated rings. The number of methoxy groups -OCH3 is 1. The van der Waals surface area contributed by atoms with Gasteiger partial charge in [-0.1, -0.05) is 18.2 Å². The van der Waals surface area contributed by atoms with Gasteiger partial charge in [-0.15, -0.1) is 0 Å². The molecule has 3 atom stereocenters. The Labute approximate surface area is 149 Å². The number of carbonyl (C=O) groups excluding carboxylic acids is 1. The van der Waals surface area contributed by atoms with Crippen LogP contribution in [0.15, 0.2) is 42.5 Å². The van der Waals surface area contributed by atoms with E-state index >= 15 is 0 Å². The van der Waals surface area contributed by atoms with E-state index in [4.69, 9.17) is 14.2 Å². The SMILES string of the molecule is COc1ccc2c3c1C(=O)C=C[C@@]31Oc3cccc4c3[C@]2(CCC4O)O1. The Balaban J connectivity index is 1.77. The summed E-state index contributed by atoms with van der Waals surface area (Å²) in [7, 11) is 1.56. The molecule has 4 aliphatic rings. The summed E-state index contributed by atoms with van der Waals surface area (Å²) in [5.41, 5.74) is 3.18. The van der Waals surface area contributed by atoms with Crippen molar-refractivity contribution in [2.24, 2.45) is 0 Å². The molecule has 130 valence electrons. The Morgan fingerprint density at radius 3 is 2.96 bits per heavy atom. The number of hydrogen-bond donors (Lipinski definition) is 1. The maximum Gasteiger partial charge on any atom is 0.260 e. The minimum atomic E-state index is -1.12. The molecule has 2 aliphatic heterocycles. The van der Waals surface area contributed by atoms with Crippen LogP contribution in [0.2, 0.25) is 0 Å². The predicted octanol–water partition coefficient (Wildman–Crippen LogP) is 3.09. The van der Waals surface area contributed by atoms with Crippen LogP contribution in [-0.2, 0) is 16.1 Å². The molecule has 2 bridgehead atoms. The monoisotopic (exact) mass is 348 g/mol. The summed E-state index contributed by atoms with van der Waals surface area (Å²) in [6.45, 7) is 0. The molecule has 0 radical (unpaired) electrons. The molecule has 0 aromatic heterocycles. The van der Waals surface area contributed by atoms with Crippen molar-refractivity contribution in [1.29, 1.82) is 0 Å². The zero-order valence-corrected chi connectivity index (χ0v) is 14.1. The van der Waals surface area contributed by atoms with Crippen LogP contribution in [0, 0.1) is 0 Å². The normalized spacial score (nSPS) is 31.9. The fraction of sp³-hybridized carbons (Fsp3) is 0.286. The largest absolute Gasteiger partial charge is 0.496 e. The van der Waals surface area contributed by atoms with E-state index in [1.54, 1.807) is 13.2 Å². The molecular formula is C21H16O5. The van der Waals surface area contributed by atoms with Gasteiger partial charge < -0.3 is 19.3 Å². The van der Waals surface area contributed by atoms with Gasteiger partial charge in [-0.25, -0.2) is 0 Å². The molecule has 0 saturated carbocycles. The van der Waals surface area contributed by atoms with Gasteiger partial charge in [-0.05, 0) is 48.3 Å². The molecule has 1 N–H and O–H groups in total. The summed E-state index contributed by atoms with van der Waals surface area (Å²) in [6.07, 6.45) is 3.88. The number of benzene rings is 2. The van der Waals surface area contributed by atoms with Crippen molar-refractivity contribution in [3.63, 3.8) is 0 Å². The third-order valence-electron chi connectivity index (χ3n) is 6.05. The molecule has 0 amide bonds. The highest BCUT2D eigenvalue weighted by molar-refractivity contribution is 6.10. The summed E-state index contributed by atoms with van der Waals surface area (Å²) >= 11 is 0. The van der Waals surface area contributed by atoms with Crippen molar-refractivity contribution >= 4 is 5.78 Å². The van der Waals surface area contributed by atoms with Crippen LogP contribution in [0.4, 0.5) is 0 Å². The summed E-state index contributed by atoms with van der Waals surface area (Å²) in [5.74, 6) is -0.0110. The van der Waals surface area contributed by atoms with Gasteiger partial charge in [0.1, 0.15) is 17.1 Å². The van der Waals surface area contributed by atoms with E-state index in [1.807, 2.05) is 30.3 Å². The highest BCUT2D eigenvalue weighted by Gasteiger charge is 2.63. The molecule has 0 saturated heterocycles. The Morgan fingerprint density at radius 2 is 2.12 bits per heavy atom. The first-order chi connectivity index (χ1) is 12.6. The smallest absolute Gasteiger partial charge is 0.260 e. The number of hydrogen-bond acceptors (Lipinski definition) is 5. The number of allylic oxidation sites excluding steroid dienone is 1. The fourth-order valence-corrected chi connectivity index (χ4v) is 5.05. The van der Waals surface area contributed by atoms with Gasteiger partial charge in [0.2, 0.25) is 0 Å². The van der Waals surface area contributed by atoms with Gasteiger partial charge in [0.25, 0.3) is 5.79 Å². The van der Waals surface area contributed by atoms with Crippen LogP contribution in [0.5, 0.6) is 11.5 Å². The van der Waals surface area contributed by atoms with Gasteiger partial charge in [0.05, 0.1) is 18.8 Å². The molecule has 2 aromatic rings. The third kappa shape index (κ3) is 1.41. The number of ether oxygens (including phenoxy) is 3. The molecule has 2 aromatic carbocycles. The number of carbonyl (C=O) groups is 1. The molecule has 5 nitrogen and oxygen atoms in total. The van der Waals surface area contributed by atoms with Crippen molar-refractivity contribution in [2.45, 2.75) is 30.3 Å². The summed E-state index contributed by atoms with van der Waals surface area (Å²) < 4.78 is 18.4. The van der Waals surface area contributed by atoms with Crippen LogP contribution in [0.25, 0.3) is 0 Å². The van der Waals surface area contributed by atoms with Gasteiger partial charge in [0, 0.05) is 11.1 Å². The summed E-state index contributed by atoms with van der Waals surface area (Å²) in [6, 6.07) is 9.52. The average molecular weight is 348 g/mol. The van der Waals surface area contributed by atoms with E-state index in [9.17, 15) is 9.90 Å². The van der Waals surface area contributed by atoms with Crippen LogP contribution < -0.4 is 9.47 Å². The molecule has 1 unspecified atom stereocenters. The molecule has 2 aliphatic carbocycles. The lowest BCUT2D eigenvalue weighted by Gasteiger charge is -2.45. The van der Waals surface area contributed by atoms with Crippen molar-refractivity contribution in [2.75, 3.05) is 7.11 Å².